The fraction of sp³-hybridized carbons (Fsp3) is 0.333. The molecule has 0 fully saturated rings. The van der Waals surface area contributed by atoms with E-state index in [-0.39, 0.29) is 5.91 Å². The third kappa shape index (κ3) is 2.27. The molecule has 0 unspecified atom stereocenters. The maximum Gasteiger partial charge on any atom is 0.254 e. The molecule has 0 radical (unpaired) electrons. The topological polar surface area (TPSA) is 50.2 Å². The first-order chi connectivity index (χ1) is 9.65. The molecule has 1 aliphatic rings. The summed E-state index contributed by atoms with van der Waals surface area (Å²) < 4.78 is 1.92. The van der Waals surface area contributed by atoms with E-state index in [9.17, 15) is 4.79 Å². The highest BCUT2D eigenvalue weighted by molar-refractivity contribution is 5.95. The second-order valence-electron chi connectivity index (χ2n) is 5.16. The fourth-order valence-corrected chi connectivity index (χ4v) is 2.48. The highest BCUT2D eigenvalue weighted by atomic mass is 16.2. The van der Waals surface area contributed by atoms with Crippen LogP contribution in [0.2, 0.25) is 0 Å². The summed E-state index contributed by atoms with van der Waals surface area (Å²) in [4.78, 5) is 18.4. The Morgan fingerprint density at radius 3 is 3.10 bits per heavy atom. The third-order valence-electron chi connectivity index (χ3n) is 3.71. The van der Waals surface area contributed by atoms with E-state index in [2.05, 4.69) is 10.3 Å². The smallest absolute Gasteiger partial charge is 0.254 e. The molecule has 0 atom stereocenters. The second-order valence-corrected chi connectivity index (χ2v) is 5.16. The maximum absolute atomic E-state index is 12.4. The van der Waals surface area contributed by atoms with Crippen LogP contribution in [0.15, 0.2) is 30.6 Å². The third-order valence-corrected chi connectivity index (χ3v) is 3.71. The van der Waals surface area contributed by atoms with E-state index in [1.165, 1.54) is 5.56 Å². The van der Waals surface area contributed by atoms with Gasteiger partial charge in [-0.15, -0.1) is 0 Å². The number of fused-ring (bicyclic) bond motifs is 1. The Hall–Kier alpha value is -2.30. The molecule has 2 heterocycles. The molecule has 0 bridgehead atoms. The fourth-order valence-electron chi connectivity index (χ4n) is 2.48. The monoisotopic (exact) mass is 270 g/mol. The largest absolute Gasteiger partial charge is 0.384 e. The van der Waals surface area contributed by atoms with Gasteiger partial charge in [-0.05, 0) is 24.1 Å². The van der Waals surface area contributed by atoms with Gasteiger partial charge in [-0.25, -0.2) is 4.98 Å². The number of nitrogens with one attached hydrogen (secondary N) is 1. The second kappa shape index (κ2) is 5.00. The molecule has 5 heteroatoms. The van der Waals surface area contributed by atoms with Crippen molar-refractivity contribution < 1.29 is 4.79 Å². The number of carbonyl (C=O) groups is 1. The van der Waals surface area contributed by atoms with Crippen molar-refractivity contribution in [2.24, 2.45) is 7.05 Å². The van der Waals surface area contributed by atoms with Crippen LogP contribution in [0.5, 0.6) is 0 Å². The van der Waals surface area contributed by atoms with Gasteiger partial charge in [0.25, 0.3) is 5.91 Å². The van der Waals surface area contributed by atoms with Gasteiger partial charge in [0, 0.05) is 44.3 Å². The van der Waals surface area contributed by atoms with Crippen molar-refractivity contribution in [3.63, 3.8) is 0 Å². The Morgan fingerprint density at radius 1 is 1.50 bits per heavy atom. The Kier molecular flexibility index (Phi) is 3.18. The molecule has 0 saturated heterocycles. The highest BCUT2D eigenvalue weighted by Crippen LogP contribution is 2.23. The predicted octanol–water partition coefficient (Wildman–Crippen LogP) is 1.66. The number of nitrogens with zero attached hydrogens (tertiary/aromatic N) is 3. The summed E-state index contributed by atoms with van der Waals surface area (Å²) in [6, 6.07) is 5.89. The molecule has 2 aromatic rings. The molecule has 5 nitrogen and oxygen atoms in total. The minimum Gasteiger partial charge on any atom is -0.384 e. The molecule has 1 amide bonds. The summed E-state index contributed by atoms with van der Waals surface area (Å²) in [6.07, 6.45) is 4.66. The minimum atomic E-state index is 0.0181. The van der Waals surface area contributed by atoms with Crippen LogP contribution in [0.3, 0.4) is 0 Å². The van der Waals surface area contributed by atoms with Crippen molar-refractivity contribution in [3.05, 3.63) is 47.5 Å². The molecule has 1 aliphatic heterocycles. The van der Waals surface area contributed by atoms with Crippen LogP contribution < -0.4 is 5.32 Å². The lowest BCUT2D eigenvalue weighted by Crippen LogP contribution is -2.27. The number of hydrogen-bond donors (Lipinski definition) is 1. The Morgan fingerprint density at radius 2 is 2.35 bits per heavy atom. The lowest BCUT2D eigenvalue weighted by atomic mass is 10.1. The molecule has 0 saturated carbocycles. The van der Waals surface area contributed by atoms with Gasteiger partial charge in [-0.1, -0.05) is 6.07 Å². The van der Waals surface area contributed by atoms with E-state index < -0.39 is 0 Å². The van der Waals surface area contributed by atoms with Gasteiger partial charge in [0.05, 0.1) is 6.54 Å². The van der Waals surface area contributed by atoms with E-state index >= 15 is 0 Å². The summed E-state index contributed by atoms with van der Waals surface area (Å²) in [5, 5.41) is 3.30. The summed E-state index contributed by atoms with van der Waals surface area (Å²) in [5.74, 6) is 0.893. The quantitative estimate of drug-likeness (QED) is 0.923. The Labute approximate surface area is 118 Å². The SMILES string of the molecule is CN(Cc1nccn1C)C(=O)c1ccc2c(c1)NCC2. The van der Waals surface area contributed by atoms with Crippen molar-refractivity contribution in [2.75, 3.05) is 18.9 Å². The average Bonchev–Trinajstić information content (AvgIpc) is 3.06. The zero-order valence-electron chi connectivity index (χ0n) is 11.8. The van der Waals surface area contributed by atoms with Crippen LogP contribution in [-0.2, 0) is 20.0 Å². The molecule has 0 aliphatic carbocycles. The molecule has 104 valence electrons. The van der Waals surface area contributed by atoms with Gasteiger partial charge in [0.2, 0.25) is 0 Å². The molecular weight excluding hydrogens is 252 g/mol. The molecule has 1 N–H and O–H groups in total. The summed E-state index contributed by atoms with van der Waals surface area (Å²) in [5.41, 5.74) is 3.09. The highest BCUT2D eigenvalue weighted by Gasteiger charge is 2.17. The normalized spacial score (nSPS) is 12.9. The first-order valence-electron chi connectivity index (χ1n) is 6.73. The van der Waals surface area contributed by atoms with E-state index in [1.54, 1.807) is 18.1 Å². The standard InChI is InChI=1S/C15H18N4O/c1-18-8-7-17-14(18)10-19(2)15(20)12-4-3-11-5-6-16-13(11)9-12/h3-4,7-9,16H,5-6,10H2,1-2H3. The first-order valence-corrected chi connectivity index (χ1v) is 6.73. The number of aromatic nitrogens is 2. The van der Waals surface area contributed by atoms with Crippen LogP contribution in [0, 0.1) is 0 Å². The van der Waals surface area contributed by atoms with Crippen molar-refractivity contribution >= 4 is 11.6 Å². The van der Waals surface area contributed by atoms with Gasteiger partial charge in [0.15, 0.2) is 0 Å². The van der Waals surface area contributed by atoms with Gasteiger partial charge in [0.1, 0.15) is 5.82 Å². The van der Waals surface area contributed by atoms with Gasteiger partial charge < -0.3 is 14.8 Å². The van der Waals surface area contributed by atoms with Gasteiger partial charge >= 0.3 is 0 Å². The van der Waals surface area contributed by atoms with Crippen LogP contribution in [0.25, 0.3) is 0 Å². The molecule has 3 rings (SSSR count). The molecule has 1 aromatic carbocycles. The Balaban J connectivity index is 1.76. The van der Waals surface area contributed by atoms with Crippen molar-refractivity contribution in [1.29, 1.82) is 0 Å². The van der Waals surface area contributed by atoms with Crippen molar-refractivity contribution in [2.45, 2.75) is 13.0 Å². The summed E-state index contributed by atoms with van der Waals surface area (Å²) in [6.45, 7) is 1.46. The van der Waals surface area contributed by atoms with Crippen LogP contribution in [0.4, 0.5) is 5.69 Å². The molecule has 0 spiro atoms. The lowest BCUT2D eigenvalue weighted by Gasteiger charge is -2.17. The predicted molar refractivity (Wildman–Crippen MR) is 77.6 cm³/mol. The summed E-state index contributed by atoms with van der Waals surface area (Å²) in [7, 11) is 3.73. The van der Waals surface area contributed by atoms with Gasteiger partial charge in [-0.3, -0.25) is 4.79 Å². The number of hydrogen-bond acceptors (Lipinski definition) is 3. The minimum absolute atomic E-state index is 0.0181. The van der Waals surface area contributed by atoms with E-state index in [0.29, 0.717) is 6.54 Å². The number of imidazole rings is 1. The Bertz CT molecular complexity index is 647. The van der Waals surface area contributed by atoms with E-state index in [0.717, 1.165) is 30.0 Å². The summed E-state index contributed by atoms with van der Waals surface area (Å²) >= 11 is 0. The van der Waals surface area contributed by atoms with E-state index in [1.807, 2.05) is 36.0 Å². The first kappa shape index (κ1) is 12.7. The number of carbonyl (C=O) groups excluding carboxylic acids is 1. The zero-order chi connectivity index (χ0) is 14.1. The zero-order valence-corrected chi connectivity index (χ0v) is 11.8. The molecule has 20 heavy (non-hydrogen) atoms. The number of aryl methyl sites for hydroxylation is 1. The average molecular weight is 270 g/mol. The van der Waals surface area contributed by atoms with Crippen molar-refractivity contribution in [3.8, 4) is 0 Å². The molecule has 1 aromatic heterocycles. The number of benzene rings is 1. The van der Waals surface area contributed by atoms with E-state index in [4.69, 9.17) is 0 Å². The van der Waals surface area contributed by atoms with Crippen LogP contribution in [-0.4, -0.2) is 34.0 Å². The molecular formula is C15H18N4O. The lowest BCUT2D eigenvalue weighted by molar-refractivity contribution is 0.0780. The van der Waals surface area contributed by atoms with Crippen molar-refractivity contribution in [1.82, 2.24) is 14.5 Å². The number of amides is 1. The van der Waals surface area contributed by atoms with Gasteiger partial charge in [-0.2, -0.15) is 0 Å². The number of anilines is 1. The van der Waals surface area contributed by atoms with Crippen LogP contribution >= 0.6 is 0 Å². The van der Waals surface area contributed by atoms with Crippen LogP contribution in [0.1, 0.15) is 21.7 Å². The number of rotatable bonds is 3. The maximum atomic E-state index is 12.4.